The Morgan fingerprint density at radius 1 is 1.07 bits per heavy atom. The number of nitrogens with one attached hydrogen (secondary N) is 1. The second kappa shape index (κ2) is 7.86. The molecule has 0 bridgehead atoms. The number of hydrogen-bond donors (Lipinski definition) is 1. The molecule has 0 saturated carbocycles. The lowest BCUT2D eigenvalue weighted by molar-refractivity contribution is -0.125. The van der Waals surface area contributed by atoms with Crippen LogP contribution in [0.25, 0.3) is 0 Å². The number of hydrogen-bond acceptors (Lipinski definition) is 2. The fraction of sp³-hybridized carbons (Fsp3) is 0.333. The van der Waals surface area contributed by atoms with Crippen LogP contribution in [0.1, 0.15) is 35.7 Å². The van der Waals surface area contributed by atoms with Crippen molar-refractivity contribution in [2.75, 3.05) is 13.1 Å². The third-order valence-electron chi connectivity index (χ3n) is 4.76. The standard InChI is InChI=1S/C21H22F2N2O2/c1-13(2)24-20(26)18-12-25(21(27)16-8-3-4-9-19(16)23)11-17(18)14-6-5-7-15(22)10-14/h3-10,13,17-18H,11-12H2,1-2H3,(H,24,26)/t17-,18+/m0/s1. The molecule has 1 N–H and O–H groups in total. The van der Waals surface area contributed by atoms with E-state index in [4.69, 9.17) is 0 Å². The molecule has 1 saturated heterocycles. The molecule has 0 aromatic heterocycles. The molecule has 142 valence electrons. The zero-order valence-electron chi connectivity index (χ0n) is 15.3. The highest BCUT2D eigenvalue weighted by Crippen LogP contribution is 2.34. The molecule has 2 atom stereocenters. The molecule has 1 fully saturated rings. The quantitative estimate of drug-likeness (QED) is 0.895. The van der Waals surface area contributed by atoms with E-state index in [1.807, 2.05) is 13.8 Å². The first-order valence-electron chi connectivity index (χ1n) is 8.96. The van der Waals surface area contributed by atoms with E-state index in [0.29, 0.717) is 5.56 Å². The summed E-state index contributed by atoms with van der Waals surface area (Å²) in [4.78, 5) is 26.9. The number of benzene rings is 2. The lowest BCUT2D eigenvalue weighted by Crippen LogP contribution is -2.39. The van der Waals surface area contributed by atoms with Crippen LogP contribution in [0.4, 0.5) is 8.78 Å². The van der Waals surface area contributed by atoms with Crippen LogP contribution >= 0.6 is 0 Å². The van der Waals surface area contributed by atoms with Crippen LogP contribution in [0.3, 0.4) is 0 Å². The molecule has 2 aromatic carbocycles. The van der Waals surface area contributed by atoms with E-state index in [-0.39, 0.29) is 36.5 Å². The van der Waals surface area contributed by atoms with Crippen molar-refractivity contribution in [3.8, 4) is 0 Å². The molecule has 0 unspecified atom stereocenters. The van der Waals surface area contributed by atoms with Crippen LogP contribution in [-0.4, -0.2) is 35.8 Å². The number of nitrogens with zero attached hydrogens (tertiary/aromatic N) is 1. The summed E-state index contributed by atoms with van der Waals surface area (Å²) in [6.07, 6.45) is 0. The van der Waals surface area contributed by atoms with E-state index in [1.54, 1.807) is 18.2 Å². The van der Waals surface area contributed by atoms with Crippen molar-refractivity contribution in [1.82, 2.24) is 10.2 Å². The molecule has 27 heavy (non-hydrogen) atoms. The summed E-state index contributed by atoms with van der Waals surface area (Å²) in [6.45, 7) is 4.10. The van der Waals surface area contributed by atoms with Crippen molar-refractivity contribution in [1.29, 1.82) is 0 Å². The molecular weight excluding hydrogens is 350 g/mol. The Balaban J connectivity index is 1.90. The van der Waals surface area contributed by atoms with Gasteiger partial charge in [-0.1, -0.05) is 24.3 Å². The van der Waals surface area contributed by atoms with Crippen LogP contribution in [0.2, 0.25) is 0 Å². The Kier molecular flexibility index (Phi) is 5.54. The number of carbonyl (C=O) groups is 2. The molecule has 2 amide bonds. The van der Waals surface area contributed by atoms with E-state index in [0.717, 1.165) is 0 Å². The highest BCUT2D eigenvalue weighted by atomic mass is 19.1. The number of likely N-dealkylation sites (tertiary alicyclic amines) is 1. The molecule has 6 heteroatoms. The lowest BCUT2D eigenvalue weighted by Gasteiger charge is -2.19. The molecule has 0 aliphatic carbocycles. The predicted octanol–water partition coefficient (Wildman–Crippen LogP) is 3.35. The Bertz CT molecular complexity index is 854. The first-order valence-corrected chi connectivity index (χ1v) is 8.96. The maximum absolute atomic E-state index is 14.0. The third-order valence-corrected chi connectivity index (χ3v) is 4.76. The van der Waals surface area contributed by atoms with Gasteiger partial charge in [0.05, 0.1) is 11.5 Å². The smallest absolute Gasteiger partial charge is 0.256 e. The SMILES string of the molecule is CC(C)NC(=O)[C@@H]1CN(C(=O)c2ccccc2F)C[C@H]1c1cccc(F)c1. The Hall–Kier alpha value is -2.76. The fourth-order valence-electron chi connectivity index (χ4n) is 3.51. The molecule has 4 nitrogen and oxygen atoms in total. The average molecular weight is 372 g/mol. The van der Waals surface area contributed by atoms with E-state index >= 15 is 0 Å². The predicted molar refractivity (Wildman–Crippen MR) is 98.2 cm³/mol. The van der Waals surface area contributed by atoms with Gasteiger partial charge in [-0.25, -0.2) is 8.78 Å². The van der Waals surface area contributed by atoms with Gasteiger partial charge in [0.25, 0.3) is 5.91 Å². The van der Waals surface area contributed by atoms with Gasteiger partial charge in [-0.3, -0.25) is 9.59 Å². The summed E-state index contributed by atoms with van der Waals surface area (Å²) in [7, 11) is 0. The maximum atomic E-state index is 14.0. The summed E-state index contributed by atoms with van der Waals surface area (Å²) in [6, 6.07) is 11.8. The van der Waals surface area contributed by atoms with Gasteiger partial charge in [0.1, 0.15) is 11.6 Å². The topological polar surface area (TPSA) is 49.4 Å². The molecule has 1 aliphatic heterocycles. The molecule has 1 heterocycles. The Morgan fingerprint density at radius 3 is 2.48 bits per heavy atom. The molecule has 0 spiro atoms. The summed E-state index contributed by atoms with van der Waals surface area (Å²) in [5.74, 6) is -2.52. The van der Waals surface area contributed by atoms with Crippen LogP contribution in [0, 0.1) is 17.6 Å². The van der Waals surface area contributed by atoms with E-state index in [9.17, 15) is 18.4 Å². The zero-order chi connectivity index (χ0) is 19.6. The third kappa shape index (κ3) is 4.15. The van der Waals surface area contributed by atoms with Crippen molar-refractivity contribution in [3.05, 3.63) is 71.3 Å². The Labute approximate surface area is 157 Å². The van der Waals surface area contributed by atoms with Gasteiger partial charge >= 0.3 is 0 Å². The minimum atomic E-state index is -0.597. The second-order valence-electron chi connectivity index (χ2n) is 7.12. The van der Waals surface area contributed by atoms with Crippen LogP contribution in [-0.2, 0) is 4.79 Å². The zero-order valence-corrected chi connectivity index (χ0v) is 15.3. The second-order valence-corrected chi connectivity index (χ2v) is 7.12. The van der Waals surface area contributed by atoms with Gasteiger partial charge in [-0.2, -0.15) is 0 Å². The van der Waals surface area contributed by atoms with Crippen LogP contribution in [0.15, 0.2) is 48.5 Å². The normalized spacial score (nSPS) is 19.4. The fourth-order valence-corrected chi connectivity index (χ4v) is 3.51. The van der Waals surface area contributed by atoms with Gasteiger partial charge in [0, 0.05) is 25.0 Å². The van der Waals surface area contributed by atoms with Gasteiger partial charge in [0.2, 0.25) is 5.91 Å². The average Bonchev–Trinajstić information content (AvgIpc) is 3.06. The summed E-state index contributed by atoms with van der Waals surface area (Å²) in [5, 5.41) is 2.86. The maximum Gasteiger partial charge on any atom is 0.256 e. The lowest BCUT2D eigenvalue weighted by atomic mass is 9.88. The summed E-state index contributed by atoms with van der Waals surface area (Å²) < 4.78 is 27.7. The van der Waals surface area contributed by atoms with Crippen molar-refractivity contribution < 1.29 is 18.4 Å². The van der Waals surface area contributed by atoms with E-state index < -0.39 is 23.5 Å². The number of halogens is 2. The van der Waals surface area contributed by atoms with Gasteiger partial charge < -0.3 is 10.2 Å². The summed E-state index contributed by atoms with van der Waals surface area (Å²) in [5.41, 5.74) is 0.628. The van der Waals surface area contributed by atoms with E-state index in [2.05, 4.69) is 5.32 Å². The number of rotatable bonds is 4. The minimum Gasteiger partial charge on any atom is -0.354 e. The first-order chi connectivity index (χ1) is 12.9. The Morgan fingerprint density at radius 2 is 1.81 bits per heavy atom. The molecule has 3 rings (SSSR count). The minimum absolute atomic E-state index is 0.0274. The largest absolute Gasteiger partial charge is 0.354 e. The van der Waals surface area contributed by atoms with Gasteiger partial charge in [-0.15, -0.1) is 0 Å². The summed E-state index contributed by atoms with van der Waals surface area (Å²) >= 11 is 0. The van der Waals surface area contributed by atoms with Crippen molar-refractivity contribution >= 4 is 11.8 Å². The highest BCUT2D eigenvalue weighted by molar-refractivity contribution is 5.95. The van der Waals surface area contributed by atoms with Gasteiger partial charge in [-0.05, 0) is 43.7 Å². The van der Waals surface area contributed by atoms with Crippen molar-refractivity contribution in [2.24, 2.45) is 5.92 Å². The number of amides is 2. The van der Waals surface area contributed by atoms with Crippen LogP contribution < -0.4 is 5.32 Å². The monoisotopic (exact) mass is 372 g/mol. The highest BCUT2D eigenvalue weighted by Gasteiger charge is 2.41. The molecule has 1 aliphatic rings. The van der Waals surface area contributed by atoms with Crippen molar-refractivity contribution in [2.45, 2.75) is 25.8 Å². The first kappa shape index (κ1) is 19.0. The van der Waals surface area contributed by atoms with Crippen LogP contribution in [0.5, 0.6) is 0 Å². The van der Waals surface area contributed by atoms with E-state index in [1.165, 1.54) is 35.2 Å². The number of carbonyl (C=O) groups excluding carboxylic acids is 2. The molecule has 0 radical (unpaired) electrons. The molecular formula is C21H22F2N2O2. The molecule has 2 aromatic rings. The van der Waals surface area contributed by atoms with Crippen molar-refractivity contribution in [3.63, 3.8) is 0 Å². The van der Waals surface area contributed by atoms with Gasteiger partial charge in [0.15, 0.2) is 0 Å².